The molecule has 1 fully saturated rings. The van der Waals surface area contributed by atoms with Gasteiger partial charge in [-0.05, 0) is 44.5 Å². The number of para-hydroxylation sites is 1. The van der Waals surface area contributed by atoms with E-state index in [1.807, 2.05) is 0 Å². The number of nitrogens with one attached hydrogen (secondary N) is 1. The Morgan fingerprint density at radius 1 is 1.38 bits per heavy atom. The maximum Gasteiger partial charge on any atom is 0.238 e. The molecule has 2 rings (SSSR count). The van der Waals surface area contributed by atoms with Crippen molar-refractivity contribution in [1.29, 1.82) is 0 Å². The Balaban J connectivity index is 0.00000220. The number of hydrogen-bond donors (Lipinski definition) is 2. The van der Waals surface area contributed by atoms with Gasteiger partial charge in [-0.2, -0.15) is 0 Å². The highest BCUT2D eigenvalue weighted by atomic mass is 35.5. The molecule has 0 radical (unpaired) electrons. The molecule has 0 saturated carbocycles. The van der Waals surface area contributed by atoms with Crippen LogP contribution in [-0.4, -0.2) is 36.5 Å². The van der Waals surface area contributed by atoms with Crippen LogP contribution in [0.15, 0.2) is 24.3 Å². The zero-order valence-corrected chi connectivity index (χ0v) is 12.9. The Bertz CT molecular complexity index is 456. The molecule has 1 atom stereocenters. The van der Waals surface area contributed by atoms with E-state index < -0.39 is 5.82 Å². The second-order valence-electron chi connectivity index (χ2n) is 5.23. The lowest BCUT2D eigenvalue weighted by Crippen LogP contribution is -2.44. The monoisotopic (exact) mass is 315 g/mol. The minimum Gasteiger partial charge on any atom is -0.330 e. The number of amides is 1. The second-order valence-corrected chi connectivity index (χ2v) is 5.23. The van der Waals surface area contributed by atoms with Crippen LogP contribution in [0.5, 0.6) is 0 Å². The molecule has 4 nitrogen and oxygen atoms in total. The zero-order valence-electron chi connectivity index (χ0n) is 12.1. The summed E-state index contributed by atoms with van der Waals surface area (Å²) in [5, 5.41) is 2.63. The van der Waals surface area contributed by atoms with E-state index in [1.165, 1.54) is 12.5 Å². The van der Waals surface area contributed by atoms with Gasteiger partial charge in [-0.3, -0.25) is 9.69 Å². The summed E-state index contributed by atoms with van der Waals surface area (Å²) >= 11 is 0. The lowest BCUT2D eigenvalue weighted by molar-refractivity contribution is -0.118. The van der Waals surface area contributed by atoms with Crippen molar-refractivity contribution >= 4 is 24.0 Å². The highest BCUT2D eigenvalue weighted by molar-refractivity contribution is 5.92. The molecule has 0 aliphatic carbocycles. The van der Waals surface area contributed by atoms with Crippen LogP contribution in [-0.2, 0) is 4.79 Å². The molecule has 1 unspecified atom stereocenters. The zero-order chi connectivity index (χ0) is 14.4. The predicted molar refractivity (Wildman–Crippen MR) is 85.2 cm³/mol. The summed E-state index contributed by atoms with van der Waals surface area (Å²) in [5.74, 6) is -0.572. The number of benzene rings is 1. The first kappa shape index (κ1) is 17.9. The van der Waals surface area contributed by atoms with Crippen LogP contribution in [0.3, 0.4) is 0 Å². The van der Waals surface area contributed by atoms with E-state index in [2.05, 4.69) is 10.2 Å². The van der Waals surface area contributed by atoms with Crippen LogP contribution in [0.4, 0.5) is 10.1 Å². The Kier molecular flexibility index (Phi) is 7.64. The molecule has 6 heteroatoms. The van der Waals surface area contributed by atoms with Crippen LogP contribution in [0.2, 0.25) is 0 Å². The van der Waals surface area contributed by atoms with Gasteiger partial charge in [0.1, 0.15) is 5.82 Å². The number of carbonyl (C=O) groups is 1. The summed E-state index contributed by atoms with van der Waals surface area (Å²) in [5.41, 5.74) is 5.86. The SMILES string of the molecule is Cl.NCCC1CCCCN1CC(=O)Nc1ccccc1F. The van der Waals surface area contributed by atoms with E-state index in [1.54, 1.807) is 18.2 Å². The molecule has 1 amide bonds. The molecule has 0 aromatic heterocycles. The van der Waals surface area contributed by atoms with Gasteiger partial charge in [0, 0.05) is 6.04 Å². The third-order valence-corrected chi connectivity index (χ3v) is 3.74. The quantitative estimate of drug-likeness (QED) is 0.877. The van der Waals surface area contributed by atoms with Gasteiger partial charge in [-0.15, -0.1) is 12.4 Å². The summed E-state index contributed by atoms with van der Waals surface area (Å²) < 4.78 is 13.5. The lowest BCUT2D eigenvalue weighted by Gasteiger charge is -2.35. The number of rotatable bonds is 5. The molecule has 21 heavy (non-hydrogen) atoms. The van der Waals surface area contributed by atoms with Gasteiger partial charge in [-0.25, -0.2) is 4.39 Å². The number of nitrogens with two attached hydrogens (primary N) is 1. The summed E-state index contributed by atoms with van der Waals surface area (Å²) in [6.07, 6.45) is 4.29. The van der Waals surface area contributed by atoms with E-state index in [4.69, 9.17) is 5.73 Å². The average molecular weight is 316 g/mol. The molecular formula is C15H23ClFN3O. The maximum atomic E-state index is 13.5. The van der Waals surface area contributed by atoms with Crippen molar-refractivity contribution in [3.63, 3.8) is 0 Å². The molecule has 1 aromatic carbocycles. The third kappa shape index (κ3) is 5.26. The van der Waals surface area contributed by atoms with Crippen LogP contribution >= 0.6 is 12.4 Å². The summed E-state index contributed by atoms with van der Waals surface area (Å²) in [4.78, 5) is 14.2. The molecule has 0 spiro atoms. The van der Waals surface area contributed by atoms with E-state index in [0.29, 0.717) is 19.1 Å². The van der Waals surface area contributed by atoms with Crippen molar-refractivity contribution in [3.8, 4) is 0 Å². The normalized spacial score (nSPS) is 18.9. The standard InChI is InChI=1S/C15H22FN3O.ClH/c16-13-6-1-2-7-14(13)18-15(20)11-19-10-4-3-5-12(19)8-9-17;/h1-2,6-7,12H,3-5,8-11,17H2,(H,18,20);1H. The number of hydrogen-bond acceptors (Lipinski definition) is 3. The Morgan fingerprint density at radius 3 is 2.86 bits per heavy atom. The highest BCUT2D eigenvalue weighted by Crippen LogP contribution is 2.19. The number of anilines is 1. The Hall–Kier alpha value is -1.17. The van der Waals surface area contributed by atoms with Crippen molar-refractivity contribution in [2.45, 2.75) is 31.7 Å². The van der Waals surface area contributed by atoms with Crippen molar-refractivity contribution in [2.75, 3.05) is 25.0 Å². The van der Waals surface area contributed by atoms with E-state index in [0.717, 1.165) is 25.8 Å². The van der Waals surface area contributed by atoms with Crippen molar-refractivity contribution < 1.29 is 9.18 Å². The van der Waals surface area contributed by atoms with Crippen LogP contribution in [0.25, 0.3) is 0 Å². The number of nitrogens with zero attached hydrogens (tertiary/aromatic N) is 1. The molecular weight excluding hydrogens is 293 g/mol. The smallest absolute Gasteiger partial charge is 0.238 e. The first-order chi connectivity index (χ1) is 9.70. The topological polar surface area (TPSA) is 58.4 Å². The molecule has 0 bridgehead atoms. The van der Waals surface area contributed by atoms with E-state index >= 15 is 0 Å². The molecule has 1 heterocycles. The minimum atomic E-state index is -0.405. The maximum absolute atomic E-state index is 13.5. The third-order valence-electron chi connectivity index (χ3n) is 3.74. The Labute approximate surface area is 131 Å². The average Bonchev–Trinajstić information content (AvgIpc) is 2.44. The van der Waals surface area contributed by atoms with Gasteiger partial charge in [0.25, 0.3) is 0 Å². The molecule has 3 N–H and O–H groups in total. The largest absolute Gasteiger partial charge is 0.330 e. The van der Waals surface area contributed by atoms with E-state index in [-0.39, 0.29) is 24.0 Å². The van der Waals surface area contributed by atoms with Gasteiger partial charge in [0.15, 0.2) is 0 Å². The van der Waals surface area contributed by atoms with Crippen molar-refractivity contribution in [2.24, 2.45) is 5.73 Å². The van der Waals surface area contributed by atoms with E-state index in [9.17, 15) is 9.18 Å². The number of carbonyl (C=O) groups excluding carboxylic acids is 1. The van der Waals surface area contributed by atoms with Gasteiger partial charge >= 0.3 is 0 Å². The van der Waals surface area contributed by atoms with Crippen molar-refractivity contribution in [1.82, 2.24) is 4.90 Å². The number of halogens is 2. The Morgan fingerprint density at radius 2 is 2.14 bits per heavy atom. The molecule has 118 valence electrons. The molecule has 1 aromatic rings. The summed E-state index contributed by atoms with van der Waals surface area (Å²) in [6, 6.07) is 6.60. The first-order valence-electron chi connectivity index (χ1n) is 7.19. The molecule has 1 saturated heterocycles. The minimum absolute atomic E-state index is 0. The highest BCUT2D eigenvalue weighted by Gasteiger charge is 2.23. The molecule has 1 aliphatic heterocycles. The number of piperidine rings is 1. The molecule has 1 aliphatic rings. The fourth-order valence-corrected chi connectivity index (χ4v) is 2.72. The van der Waals surface area contributed by atoms with Crippen LogP contribution in [0, 0.1) is 5.82 Å². The van der Waals surface area contributed by atoms with Gasteiger partial charge in [0.2, 0.25) is 5.91 Å². The summed E-state index contributed by atoms with van der Waals surface area (Å²) in [7, 11) is 0. The predicted octanol–water partition coefficient (Wildman–Crippen LogP) is 2.39. The van der Waals surface area contributed by atoms with Crippen LogP contribution < -0.4 is 11.1 Å². The second kappa shape index (κ2) is 8.97. The summed E-state index contributed by atoms with van der Waals surface area (Å²) in [6.45, 7) is 1.85. The lowest BCUT2D eigenvalue weighted by atomic mass is 9.99. The van der Waals surface area contributed by atoms with Crippen molar-refractivity contribution in [3.05, 3.63) is 30.1 Å². The fraction of sp³-hybridized carbons (Fsp3) is 0.533. The fourth-order valence-electron chi connectivity index (χ4n) is 2.72. The first-order valence-corrected chi connectivity index (χ1v) is 7.19. The van der Waals surface area contributed by atoms with Gasteiger partial charge < -0.3 is 11.1 Å². The van der Waals surface area contributed by atoms with Gasteiger partial charge in [0.05, 0.1) is 12.2 Å². The number of likely N-dealkylation sites (tertiary alicyclic amines) is 1. The van der Waals surface area contributed by atoms with Crippen LogP contribution in [0.1, 0.15) is 25.7 Å². The van der Waals surface area contributed by atoms with Gasteiger partial charge in [-0.1, -0.05) is 18.6 Å².